The molecule has 2 aliphatic heterocycles. The summed E-state index contributed by atoms with van der Waals surface area (Å²) in [6.07, 6.45) is 0.535. The molecule has 2 atom stereocenters. The van der Waals surface area contributed by atoms with Crippen LogP contribution in [0.25, 0.3) is 11.3 Å². The van der Waals surface area contributed by atoms with Crippen LogP contribution in [0.3, 0.4) is 0 Å². The molecule has 0 N–H and O–H groups in total. The second-order valence-electron chi connectivity index (χ2n) is 10.4. The van der Waals surface area contributed by atoms with Gasteiger partial charge in [0.15, 0.2) is 0 Å². The molecule has 0 aromatic heterocycles. The molecule has 5 aromatic rings. The molecule has 0 radical (unpaired) electrons. The molecule has 5 heteroatoms. The molecule has 2 aliphatic rings. The number of anilines is 1. The van der Waals surface area contributed by atoms with Crippen LogP contribution in [0.5, 0.6) is 5.75 Å². The third-order valence-corrected chi connectivity index (χ3v) is 9.25. The molecule has 7 rings (SSSR count). The van der Waals surface area contributed by atoms with E-state index in [1.54, 1.807) is 18.9 Å². The zero-order valence-electron chi connectivity index (χ0n) is 23.1. The summed E-state index contributed by atoms with van der Waals surface area (Å²) in [5, 5.41) is -0.00893. The molecule has 1 amide bonds. The Balaban J connectivity index is 1.52. The number of amides is 1. The number of para-hydroxylation sites is 1. The van der Waals surface area contributed by atoms with Crippen LogP contribution in [-0.4, -0.2) is 13.0 Å². The van der Waals surface area contributed by atoms with Crippen molar-refractivity contribution < 1.29 is 14.3 Å². The van der Waals surface area contributed by atoms with Crippen LogP contribution in [0.4, 0.5) is 5.69 Å². The molecule has 0 spiro atoms. The van der Waals surface area contributed by atoms with E-state index in [0.717, 1.165) is 38.6 Å². The van der Waals surface area contributed by atoms with E-state index >= 15 is 4.79 Å². The smallest absolute Gasteiger partial charge is 0.266 e. The van der Waals surface area contributed by atoms with E-state index in [2.05, 4.69) is 30.3 Å². The van der Waals surface area contributed by atoms with Crippen molar-refractivity contribution >= 4 is 34.7 Å². The summed E-state index contributed by atoms with van der Waals surface area (Å²) >= 11 is 1.77. The number of hydrogen-bond acceptors (Lipinski definition) is 4. The Hall–Kier alpha value is -4.74. The Bertz CT molecular complexity index is 1750. The van der Waals surface area contributed by atoms with Gasteiger partial charge in [-0.2, -0.15) is 0 Å². The average molecular weight is 568 g/mol. The van der Waals surface area contributed by atoms with Gasteiger partial charge in [0.1, 0.15) is 11.5 Å². The van der Waals surface area contributed by atoms with Gasteiger partial charge in [0, 0.05) is 27.7 Å². The van der Waals surface area contributed by atoms with Gasteiger partial charge in [-0.25, -0.2) is 0 Å². The number of fused-ring (bicyclic) bond motifs is 3. The van der Waals surface area contributed by atoms with Crippen LogP contribution in [0.2, 0.25) is 0 Å². The summed E-state index contributed by atoms with van der Waals surface area (Å²) in [5.74, 6) is 1.31. The summed E-state index contributed by atoms with van der Waals surface area (Å²) in [7, 11) is 1.68. The van der Waals surface area contributed by atoms with E-state index < -0.39 is 5.72 Å². The molecule has 5 aromatic carbocycles. The van der Waals surface area contributed by atoms with Crippen molar-refractivity contribution in [1.82, 2.24) is 0 Å². The third kappa shape index (κ3) is 4.47. The molecular formula is C37H29NO3S. The maximum absolute atomic E-state index is 15.1. The standard InChI is InChI=1S/C37H29NO3S/c1-40-30-23-21-26(22-24-30)33-25-37(29-17-9-4-10-18-29)38(31-19-11-12-20-32(31)42-33)36(39)34(27-13-5-2-6-14-27)35(41-37)28-15-7-3-8-16-28/h2-24,33H,25H2,1H3. The highest BCUT2D eigenvalue weighted by Gasteiger charge is 2.54. The molecule has 0 bridgehead atoms. The van der Waals surface area contributed by atoms with Crippen molar-refractivity contribution in [3.05, 3.63) is 162 Å². The number of rotatable bonds is 5. The van der Waals surface area contributed by atoms with Crippen molar-refractivity contribution in [3.63, 3.8) is 0 Å². The Labute approximate surface area is 250 Å². The van der Waals surface area contributed by atoms with Gasteiger partial charge >= 0.3 is 0 Å². The van der Waals surface area contributed by atoms with Crippen molar-refractivity contribution in [2.45, 2.75) is 22.3 Å². The monoisotopic (exact) mass is 567 g/mol. The first kappa shape index (κ1) is 26.2. The van der Waals surface area contributed by atoms with Crippen molar-refractivity contribution in [2.24, 2.45) is 0 Å². The second-order valence-corrected chi connectivity index (χ2v) is 11.6. The zero-order valence-corrected chi connectivity index (χ0v) is 24.0. The minimum absolute atomic E-state index is 0.00893. The average Bonchev–Trinajstić information content (AvgIpc) is 3.21. The summed E-state index contributed by atoms with van der Waals surface area (Å²) in [5.41, 5.74) is 4.04. The Morgan fingerprint density at radius 1 is 0.738 bits per heavy atom. The van der Waals surface area contributed by atoms with E-state index in [1.807, 2.05) is 114 Å². The SMILES string of the molecule is COc1ccc(C2CC3(c4ccccc4)OC(c4ccccc4)=C(c4ccccc4)C(=O)N3c3ccccc3S2)cc1. The van der Waals surface area contributed by atoms with E-state index in [-0.39, 0.29) is 11.2 Å². The lowest BCUT2D eigenvalue weighted by Crippen LogP contribution is -2.55. The summed E-state index contributed by atoms with van der Waals surface area (Å²) in [6, 6.07) is 46.4. The van der Waals surface area contributed by atoms with Gasteiger partial charge < -0.3 is 9.47 Å². The van der Waals surface area contributed by atoms with Gasteiger partial charge in [-0.15, -0.1) is 11.8 Å². The summed E-state index contributed by atoms with van der Waals surface area (Å²) in [4.78, 5) is 18.1. The lowest BCUT2D eigenvalue weighted by atomic mass is 9.87. The highest BCUT2D eigenvalue weighted by molar-refractivity contribution is 7.99. The van der Waals surface area contributed by atoms with Crippen LogP contribution in [-0.2, 0) is 15.3 Å². The first-order valence-electron chi connectivity index (χ1n) is 14.0. The quantitative estimate of drug-likeness (QED) is 0.213. The Morgan fingerprint density at radius 2 is 1.33 bits per heavy atom. The minimum Gasteiger partial charge on any atom is -0.497 e. The van der Waals surface area contributed by atoms with Crippen molar-refractivity contribution in [1.29, 1.82) is 0 Å². The molecule has 4 nitrogen and oxygen atoms in total. The predicted molar refractivity (Wildman–Crippen MR) is 169 cm³/mol. The molecule has 0 fully saturated rings. The summed E-state index contributed by atoms with van der Waals surface area (Å²) < 4.78 is 12.8. The molecule has 0 saturated carbocycles. The number of hydrogen-bond donors (Lipinski definition) is 0. The van der Waals surface area contributed by atoms with Crippen LogP contribution in [0, 0.1) is 0 Å². The van der Waals surface area contributed by atoms with Gasteiger partial charge in [-0.3, -0.25) is 9.69 Å². The lowest BCUT2D eigenvalue weighted by molar-refractivity contribution is -0.120. The highest BCUT2D eigenvalue weighted by atomic mass is 32.2. The van der Waals surface area contributed by atoms with Gasteiger partial charge in [0.2, 0.25) is 5.72 Å². The number of carbonyl (C=O) groups excluding carboxylic acids is 1. The maximum atomic E-state index is 15.1. The first-order chi connectivity index (χ1) is 20.7. The second kappa shape index (κ2) is 10.9. The number of ether oxygens (including phenoxy) is 2. The fourth-order valence-corrected chi connectivity index (χ4v) is 7.27. The topological polar surface area (TPSA) is 38.8 Å². The van der Waals surface area contributed by atoms with Crippen molar-refractivity contribution in [2.75, 3.05) is 12.0 Å². The highest BCUT2D eigenvalue weighted by Crippen LogP contribution is 2.58. The molecule has 206 valence electrons. The predicted octanol–water partition coefficient (Wildman–Crippen LogP) is 8.72. The van der Waals surface area contributed by atoms with Crippen molar-refractivity contribution in [3.8, 4) is 5.75 Å². The lowest BCUT2D eigenvalue weighted by Gasteiger charge is -2.48. The normalized spacial score (nSPS) is 19.8. The number of carbonyl (C=O) groups is 1. The van der Waals surface area contributed by atoms with E-state index in [4.69, 9.17) is 9.47 Å². The first-order valence-corrected chi connectivity index (χ1v) is 14.9. The van der Waals surface area contributed by atoms with Gasteiger partial charge in [0.25, 0.3) is 5.91 Å². The van der Waals surface area contributed by atoms with E-state index in [1.165, 1.54) is 0 Å². The number of nitrogens with zero attached hydrogens (tertiary/aromatic N) is 1. The van der Waals surface area contributed by atoms with Crippen LogP contribution < -0.4 is 9.64 Å². The molecule has 2 heterocycles. The Kier molecular flexibility index (Phi) is 6.80. The van der Waals surface area contributed by atoms with Gasteiger partial charge in [-0.1, -0.05) is 115 Å². The van der Waals surface area contributed by atoms with E-state index in [0.29, 0.717) is 17.8 Å². The van der Waals surface area contributed by atoms with E-state index in [9.17, 15) is 0 Å². The fourth-order valence-electron chi connectivity index (χ4n) is 5.92. The van der Waals surface area contributed by atoms with Gasteiger partial charge in [-0.05, 0) is 35.4 Å². The Morgan fingerprint density at radius 3 is 2.00 bits per heavy atom. The number of thioether (sulfide) groups is 1. The van der Waals surface area contributed by atoms with Crippen LogP contribution in [0.15, 0.2) is 144 Å². The minimum atomic E-state index is -1.11. The molecule has 0 saturated heterocycles. The number of methoxy groups -OCH3 is 1. The molecule has 0 aliphatic carbocycles. The van der Waals surface area contributed by atoms with Crippen LogP contribution in [0.1, 0.15) is 33.9 Å². The number of benzene rings is 5. The van der Waals surface area contributed by atoms with Crippen LogP contribution >= 0.6 is 11.8 Å². The zero-order chi connectivity index (χ0) is 28.5. The molecule has 2 unspecified atom stereocenters. The summed E-state index contributed by atoms with van der Waals surface area (Å²) in [6.45, 7) is 0. The fraction of sp³-hybridized carbons (Fsp3) is 0.108. The molecule has 42 heavy (non-hydrogen) atoms. The molecular weight excluding hydrogens is 538 g/mol. The largest absolute Gasteiger partial charge is 0.497 e. The maximum Gasteiger partial charge on any atom is 0.266 e. The van der Waals surface area contributed by atoms with Gasteiger partial charge in [0.05, 0.1) is 18.4 Å². The third-order valence-electron chi connectivity index (χ3n) is 7.92.